The average molecular weight is 274 g/mol. The Balaban J connectivity index is 4.56. The van der Waals surface area contributed by atoms with Gasteiger partial charge in [-0.3, -0.25) is 9.59 Å². The second-order valence-electron chi connectivity index (χ2n) is 3.36. The maximum Gasteiger partial charge on any atom is 0.422 e. The van der Waals surface area contributed by atoms with Gasteiger partial charge in [0.2, 0.25) is 0 Å². The van der Waals surface area contributed by atoms with Gasteiger partial charge in [0.15, 0.2) is 12.2 Å². The Kier molecular flexibility index (Phi) is 5.09. The molecule has 0 aromatic heterocycles. The Morgan fingerprint density at radius 1 is 1.06 bits per heavy atom. The molecule has 0 aromatic rings. The third-order valence-electron chi connectivity index (χ3n) is 1.68. The number of ether oxygens (including phenoxy) is 1. The zero-order valence-corrected chi connectivity index (χ0v) is 8.73. The zero-order valence-electron chi connectivity index (χ0n) is 8.73. The highest BCUT2D eigenvalue weighted by Gasteiger charge is 2.42. The predicted molar refractivity (Wildman–Crippen MR) is 46.5 cm³/mol. The molecule has 10 heteroatoms. The number of aliphatic carboxylic acids is 2. The normalized spacial score (nSPS) is 14.7. The van der Waals surface area contributed by atoms with Crippen molar-refractivity contribution in [2.24, 2.45) is 0 Å². The van der Waals surface area contributed by atoms with Gasteiger partial charge in [-0.15, -0.1) is 0 Å². The first kappa shape index (κ1) is 16.2. The minimum Gasteiger partial charge on any atom is -0.481 e. The van der Waals surface area contributed by atoms with Gasteiger partial charge < -0.3 is 20.1 Å². The van der Waals surface area contributed by atoms with Gasteiger partial charge in [0.05, 0.1) is 12.8 Å². The molecule has 104 valence electrons. The van der Waals surface area contributed by atoms with Gasteiger partial charge >= 0.3 is 24.1 Å². The number of hydrogen-bond donors (Lipinski definition) is 3. The van der Waals surface area contributed by atoms with Crippen LogP contribution in [0.4, 0.5) is 13.2 Å². The molecule has 0 saturated carbocycles. The highest BCUT2D eigenvalue weighted by Crippen LogP contribution is 2.19. The summed E-state index contributed by atoms with van der Waals surface area (Å²) in [4.78, 5) is 31.7. The lowest BCUT2D eigenvalue weighted by molar-refractivity contribution is -0.192. The molecule has 3 N–H and O–H groups in total. The summed E-state index contributed by atoms with van der Waals surface area (Å²) in [5.74, 6) is -5.45. The number of carboxylic acids is 2. The first-order valence-corrected chi connectivity index (χ1v) is 4.36. The molecule has 7 nitrogen and oxygen atoms in total. The summed E-state index contributed by atoms with van der Waals surface area (Å²) in [5, 5.41) is 26.1. The van der Waals surface area contributed by atoms with Gasteiger partial charge in [-0.1, -0.05) is 0 Å². The Bertz CT molecular complexity index is 351. The Hall–Kier alpha value is -1.84. The van der Waals surface area contributed by atoms with Crippen LogP contribution in [0.1, 0.15) is 12.8 Å². The number of carbonyl (C=O) groups is 3. The van der Waals surface area contributed by atoms with Gasteiger partial charge in [-0.25, -0.2) is 4.79 Å². The van der Waals surface area contributed by atoms with Crippen molar-refractivity contribution in [3.05, 3.63) is 0 Å². The minimum atomic E-state index is -4.80. The molecule has 0 spiro atoms. The van der Waals surface area contributed by atoms with E-state index in [0.717, 1.165) is 0 Å². The van der Waals surface area contributed by atoms with Gasteiger partial charge in [0.1, 0.15) is 0 Å². The number of hydrogen-bond acceptors (Lipinski definition) is 5. The van der Waals surface area contributed by atoms with E-state index in [9.17, 15) is 32.7 Å². The third kappa shape index (κ3) is 6.03. The lowest BCUT2D eigenvalue weighted by atomic mass is 9.96. The number of alkyl halides is 3. The fourth-order valence-corrected chi connectivity index (χ4v) is 0.916. The van der Waals surface area contributed by atoms with Gasteiger partial charge in [-0.05, 0) is 0 Å². The van der Waals surface area contributed by atoms with Crippen LogP contribution < -0.4 is 0 Å². The molecule has 18 heavy (non-hydrogen) atoms. The van der Waals surface area contributed by atoms with E-state index in [1.807, 2.05) is 0 Å². The fourth-order valence-electron chi connectivity index (χ4n) is 0.916. The maximum atomic E-state index is 11.7. The summed E-state index contributed by atoms with van der Waals surface area (Å²) in [5.41, 5.74) is -3.01. The Morgan fingerprint density at radius 2 is 1.56 bits per heavy atom. The summed E-state index contributed by atoms with van der Waals surface area (Å²) in [6.07, 6.45) is -7.54. The fraction of sp³-hybridized carbons (Fsp3) is 0.625. The molecule has 0 saturated heterocycles. The Morgan fingerprint density at radius 3 is 1.89 bits per heavy atom. The summed E-state index contributed by atoms with van der Waals surface area (Å²) >= 11 is 0. The molecule has 1 atom stereocenters. The van der Waals surface area contributed by atoms with Crippen molar-refractivity contribution in [2.75, 3.05) is 6.61 Å². The van der Waals surface area contributed by atoms with E-state index < -0.39 is 49.1 Å². The van der Waals surface area contributed by atoms with E-state index in [-0.39, 0.29) is 0 Å². The monoisotopic (exact) mass is 274 g/mol. The van der Waals surface area contributed by atoms with Crippen molar-refractivity contribution >= 4 is 17.9 Å². The van der Waals surface area contributed by atoms with Crippen molar-refractivity contribution in [1.29, 1.82) is 0 Å². The molecule has 0 rings (SSSR count). The second-order valence-corrected chi connectivity index (χ2v) is 3.36. The van der Waals surface area contributed by atoms with E-state index in [4.69, 9.17) is 10.2 Å². The molecule has 0 bridgehead atoms. The Labute approximate surface area is 97.8 Å². The molecule has 1 unspecified atom stereocenters. The first-order valence-electron chi connectivity index (χ1n) is 4.36. The smallest absolute Gasteiger partial charge is 0.422 e. The van der Waals surface area contributed by atoms with Gasteiger partial charge in [0.25, 0.3) is 0 Å². The van der Waals surface area contributed by atoms with Crippen LogP contribution >= 0.6 is 0 Å². The van der Waals surface area contributed by atoms with Crippen LogP contribution in [0.2, 0.25) is 0 Å². The predicted octanol–water partition coefficient (Wildman–Crippen LogP) is -0.228. The lowest BCUT2D eigenvalue weighted by Crippen LogP contribution is -2.43. The SMILES string of the molecule is O=C(O)CC(O)(CC(=O)OCC(F)(F)F)C(=O)O. The van der Waals surface area contributed by atoms with E-state index in [2.05, 4.69) is 4.74 Å². The third-order valence-corrected chi connectivity index (χ3v) is 1.68. The van der Waals surface area contributed by atoms with Crippen molar-refractivity contribution in [2.45, 2.75) is 24.6 Å². The summed E-state index contributed by atoms with van der Waals surface area (Å²) in [6, 6.07) is 0. The van der Waals surface area contributed by atoms with Gasteiger partial charge in [-0.2, -0.15) is 13.2 Å². The van der Waals surface area contributed by atoms with Crippen molar-refractivity contribution < 1.29 is 47.6 Å². The minimum absolute atomic E-state index is 1.34. The number of carboxylic acid groups (broad SMARTS) is 2. The summed E-state index contributed by atoms with van der Waals surface area (Å²) in [7, 11) is 0. The van der Waals surface area contributed by atoms with Crippen LogP contribution in [0, 0.1) is 0 Å². The highest BCUT2D eigenvalue weighted by atomic mass is 19.4. The molecular formula is C8H9F3O7. The average Bonchev–Trinajstić information content (AvgIpc) is 2.11. The molecule has 0 aliphatic heterocycles. The molecule has 0 fully saturated rings. The molecule has 0 amide bonds. The van der Waals surface area contributed by atoms with Crippen LogP contribution in [-0.2, 0) is 19.1 Å². The van der Waals surface area contributed by atoms with Crippen LogP contribution in [0.5, 0.6) is 0 Å². The lowest BCUT2D eigenvalue weighted by Gasteiger charge is -2.20. The van der Waals surface area contributed by atoms with Crippen LogP contribution in [0.25, 0.3) is 0 Å². The molecule has 0 radical (unpaired) electrons. The number of halogens is 3. The van der Waals surface area contributed by atoms with Crippen LogP contribution in [-0.4, -0.2) is 51.6 Å². The number of esters is 1. The highest BCUT2D eigenvalue weighted by molar-refractivity contribution is 5.88. The molecule has 0 heterocycles. The van der Waals surface area contributed by atoms with E-state index >= 15 is 0 Å². The molecule has 0 aromatic carbocycles. The maximum absolute atomic E-state index is 11.7. The van der Waals surface area contributed by atoms with E-state index in [1.54, 1.807) is 0 Å². The van der Waals surface area contributed by atoms with Crippen molar-refractivity contribution in [3.63, 3.8) is 0 Å². The van der Waals surface area contributed by atoms with Crippen LogP contribution in [0.3, 0.4) is 0 Å². The quantitative estimate of drug-likeness (QED) is 0.572. The first-order chi connectivity index (χ1) is 7.96. The van der Waals surface area contributed by atoms with E-state index in [0.29, 0.717) is 0 Å². The summed E-state index contributed by atoms with van der Waals surface area (Å²) < 4.78 is 38.7. The second kappa shape index (κ2) is 5.67. The number of carbonyl (C=O) groups excluding carboxylic acids is 1. The van der Waals surface area contributed by atoms with Crippen molar-refractivity contribution in [3.8, 4) is 0 Å². The van der Waals surface area contributed by atoms with Gasteiger partial charge in [0, 0.05) is 0 Å². The molecule has 0 aliphatic carbocycles. The topological polar surface area (TPSA) is 121 Å². The standard InChI is InChI=1S/C8H9F3O7/c9-8(10,11)3-18-5(14)2-7(17,6(15)16)1-4(12)13/h17H,1-3H2,(H,12,13)(H,15,16). The molecular weight excluding hydrogens is 265 g/mol. The van der Waals surface area contributed by atoms with Crippen LogP contribution in [0.15, 0.2) is 0 Å². The number of aliphatic hydroxyl groups is 1. The zero-order chi connectivity index (χ0) is 14.6. The van der Waals surface area contributed by atoms with E-state index in [1.165, 1.54) is 0 Å². The largest absolute Gasteiger partial charge is 0.481 e. The molecule has 0 aliphatic rings. The van der Waals surface area contributed by atoms with Crippen molar-refractivity contribution in [1.82, 2.24) is 0 Å². The number of rotatable bonds is 6. The summed E-state index contributed by atoms with van der Waals surface area (Å²) in [6.45, 7) is -1.95.